The molecule has 0 aliphatic heterocycles. The highest BCUT2D eigenvalue weighted by Gasteiger charge is 2.20. The summed E-state index contributed by atoms with van der Waals surface area (Å²) >= 11 is 5.89. The first-order valence-corrected chi connectivity index (χ1v) is 6.90. The van der Waals surface area contributed by atoms with Crippen molar-refractivity contribution >= 4 is 28.9 Å². The van der Waals surface area contributed by atoms with Gasteiger partial charge in [-0.1, -0.05) is 23.7 Å². The number of amides is 1. The Morgan fingerprint density at radius 2 is 1.95 bits per heavy atom. The number of rotatable bonds is 4. The average Bonchev–Trinajstić information content (AvgIpc) is 2.45. The first kappa shape index (κ1) is 15.2. The summed E-state index contributed by atoms with van der Waals surface area (Å²) in [6.07, 6.45) is -0.630. The summed E-state index contributed by atoms with van der Waals surface area (Å²) in [7, 11) is 1.69. The highest BCUT2D eigenvalue weighted by Crippen LogP contribution is 2.21. The molecule has 0 saturated heterocycles. The monoisotopic (exact) mass is 304 g/mol. The molecule has 110 valence electrons. The minimum atomic E-state index is -0.630. The van der Waals surface area contributed by atoms with Crippen molar-refractivity contribution in [2.45, 2.75) is 13.0 Å². The first-order valence-electron chi connectivity index (χ1n) is 6.52. The second-order valence-corrected chi connectivity index (χ2v) is 5.15. The number of nitrogen functional groups attached to an aromatic ring is 1. The quantitative estimate of drug-likeness (QED) is 0.881. The molecule has 1 atom stereocenters. The van der Waals surface area contributed by atoms with Gasteiger partial charge in [-0.2, -0.15) is 0 Å². The third kappa shape index (κ3) is 3.89. The molecule has 0 aliphatic carbocycles. The van der Waals surface area contributed by atoms with E-state index in [0.717, 1.165) is 5.69 Å². The van der Waals surface area contributed by atoms with Crippen molar-refractivity contribution in [3.05, 3.63) is 53.6 Å². The molecule has 0 spiro atoms. The normalized spacial score (nSPS) is 11.8. The second-order valence-electron chi connectivity index (χ2n) is 4.71. The standard InChI is InChI=1S/C16H17ClN2O2/c1-11(21-15-8-3-5-12(17)9-15)16(20)19(2)14-7-4-6-13(18)10-14/h3-11H,18H2,1-2H3. The number of ether oxygens (including phenoxy) is 1. The van der Waals surface area contributed by atoms with Crippen molar-refractivity contribution in [3.8, 4) is 5.75 Å². The summed E-state index contributed by atoms with van der Waals surface area (Å²) in [5.74, 6) is 0.393. The van der Waals surface area contributed by atoms with Gasteiger partial charge in [-0.3, -0.25) is 4.79 Å². The minimum absolute atomic E-state index is 0.166. The lowest BCUT2D eigenvalue weighted by Crippen LogP contribution is -2.38. The molecule has 0 saturated carbocycles. The summed E-state index contributed by atoms with van der Waals surface area (Å²) < 4.78 is 5.62. The SMILES string of the molecule is CC(Oc1cccc(Cl)c1)C(=O)N(C)c1cccc(N)c1. The zero-order valence-electron chi connectivity index (χ0n) is 11.9. The van der Waals surface area contributed by atoms with Crippen LogP contribution in [0.2, 0.25) is 5.02 Å². The second kappa shape index (κ2) is 6.50. The molecule has 0 heterocycles. The molecule has 2 aromatic carbocycles. The Kier molecular flexibility index (Phi) is 4.70. The van der Waals surface area contributed by atoms with E-state index in [9.17, 15) is 4.79 Å². The first-order chi connectivity index (χ1) is 9.97. The van der Waals surface area contributed by atoms with Crippen molar-refractivity contribution in [3.63, 3.8) is 0 Å². The smallest absolute Gasteiger partial charge is 0.267 e. The van der Waals surface area contributed by atoms with Gasteiger partial charge < -0.3 is 15.4 Å². The number of halogens is 1. The number of likely N-dealkylation sites (N-methyl/N-ethyl adjacent to an activating group) is 1. The molecule has 21 heavy (non-hydrogen) atoms. The summed E-state index contributed by atoms with van der Waals surface area (Å²) in [5.41, 5.74) is 7.06. The van der Waals surface area contributed by atoms with Gasteiger partial charge >= 0.3 is 0 Å². The molecule has 4 nitrogen and oxygen atoms in total. The van der Waals surface area contributed by atoms with Crippen molar-refractivity contribution in [1.29, 1.82) is 0 Å². The van der Waals surface area contributed by atoms with Crippen LogP contribution in [-0.4, -0.2) is 19.1 Å². The zero-order chi connectivity index (χ0) is 15.4. The minimum Gasteiger partial charge on any atom is -0.481 e. The Morgan fingerprint density at radius 3 is 2.62 bits per heavy atom. The van der Waals surface area contributed by atoms with Gasteiger partial charge in [-0.15, -0.1) is 0 Å². The molecular formula is C16H17ClN2O2. The molecule has 0 aliphatic rings. The number of anilines is 2. The maximum Gasteiger partial charge on any atom is 0.267 e. The van der Waals surface area contributed by atoms with E-state index in [-0.39, 0.29) is 5.91 Å². The number of hydrogen-bond donors (Lipinski definition) is 1. The molecule has 0 fully saturated rings. The highest BCUT2D eigenvalue weighted by molar-refractivity contribution is 6.30. The molecule has 0 bridgehead atoms. The third-order valence-electron chi connectivity index (χ3n) is 3.04. The van der Waals surface area contributed by atoms with Crippen molar-refractivity contribution < 1.29 is 9.53 Å². The van der Waals surface area contributed by atoms with E-state index in [1.54, 1.807) is 56.4 Å². The van der Waals surface area contributed by atoms with Gasteiger partial charge in [0.15, 0.2) is 6.10 Å². The lowest BCUT2D eigenvalue weighted by molar-refractivity contribution is -0.124. The van der Waals surface area contributed by atoms with E-state index in [4.69, 9.17) is 22.1 Å². The van der Waals surface area contributed by atoms with Crippen molar-refractivity contribution in [2.24, 2.45) is 0 Å². The summed E-state index contributed by atoms with van der Waals surface area (Å²) in [5, 5.41) is 0.566. The largest absolute Gasteiger partial charge is 0.481 e. The van der Waals surface area contributed by atoms with Gasteiger partial charge in [-0.25, -0.2) is 0 Å². The number of hydrogen-bond acceptors (Lipinski definition) is 3. The molecule has 1 unspecified atom stereocenters. The lowest BCUT2D eigenvalue weighted by atomic mass is 10.2. The van der Waals surface area contributed by atoms with E-state index >= 15 is 0 Å². The van der Waals surface area contributed by atoms with Crippen molar-refractivity contribution in [2.75, 3.05) is 17.7 Å². The Balaban J connectivity index is 2.08. The van der Waals surface area contributed by atoms with Crippen LogP contribution in [0.25, 0.3) is 0 Å². The average molecular weight is 305 g/mol. The Hall–Kier alpha value is -2.20. The molecular weight excluding hydrogens is 288 g/mol. The van der Waals surface area contributed by atoms with Crippen LogP contribution in [0, 0.1) is 0 Å². The van der Waals surface area contributed by atoms with Gasteiger partial charge in [0.05, 0.1) is 0 Å². The fourth-order valence-corrected chi connectivity index (χ4v) is 2.11. The molecule has 2 aromatic rings. The van der Waals surface area contributed by atoms with Crippen LogP contribution in [0.15, 0.2) is 48.5 Å². The van der Waals surface area contributed by atoms with E-state index in [2.05, 4.69) is 0 Å². The third-order valence-corrected chi connectivity index (χ3v) is 3.28. The number of nitrogens with zero attached hydrogens (tertiary/aromatic N) is 1. The topological polar surface area (TPSA) is 55.6 Å². The number of benzene rings is 2. The summed E-state index contributed by atoms with van der Waals surface area (Å²) in [4.78, 5) is 13.9. The van der Waals surface area contributed by atoms with Crippen LogP contribution < -0.4 is 15.4 Å². The molecule has 2 N–H and O–H groups in total. The van der Waals surface area contributed by atoms with Crippen LogP contribution in [0.5, 0.6) is 5.75 Å². The molecule has 1 amide bonds. The van der Waals surface area contributed by atoms with Crippen LogP contribution in [0.4, 0.5) is 11.4 Å². The molecule has 0 aromatic heterocycles. The maximum atomic E-state index is 12.4. The highest BCUT2D eigenvalue weighted by atomic mass is 35.5. The molecule has 0 radical (unpaired) electrons. The maximum absolute atomic E-state index is 12.4. The molecule has 5 heteroatoms. The van der Waals surface area contributed by atoms with Gasteiger partial charge in [-0.05, 0) is 43.3 Å². The van der Waals surface area contributed by atoms with E-state index in [1.165, 1.54) is 4.90 Å². The Bertz CT molecular complexity index is 646. The van der Waals surface area contributed by atoms with Crippen LogP contribution in [0.1, 0.15) is 6.92 Å². The number of carbonyl (C=O) groups is 1. The fraction of sp³-hybridized carbons (Fsp3) is 0.188. The Labute approximate surface area is 129 Å². The molecule has 2 rings (SSSR count). The predicted octanol–water partition coefficient (Wildman–Crippen LogP) is 3.35. The van der Waals surface area contributed by atoms with Gasteiger partial charge in [0.25, 0.3) is 5.91 Å². The lowest BCUT2D eigenvalue weighted by Gasteiger charge is -2.22. The van der Waals surface area contributed by atoms with E-state index in [0.29, 0.717) is 16.5 Å². The van der Waals surface area contributed by atoms with Gasteiger partial charge in [0.1, 0.15) is 5.75 Å². The van der Waals surface area contributed by atoms with Crippen LogP contribution in [-0.2, 0) is 4.79 Å². The fourth-order valence-electron chi connectivity index (χ4n) is 1.93. The van der Waals surface area contributed by atoms with Crippen LogP contribution >= 0.6 is 11.6 Å². The van der Waals surface area contributed by atoms with E-state index in [1.807, 2.05) is 6.07 Å². The summed E-state index contributed by atoms with van der Waals surface area (Å²) in [6.45, 7) is 1.70. The number of nitrogens with two attached hydrogens (primary N) is 1. The van der Waals surface area contributed by atoms with Gasteiger partial charge in [0.2, 0.25) is 0 Å². The summed E-state index contributed by atoms with van der Waals surface area (Å²) in [6, 6.07) is 14.1. The van der Waals surface area contributed by atoms with E-state index < -0.39 is 6.10 Å². The van der Waals surface area contributed by atoms with Crippen LogP contribution in [0.3, 0.4) is 0 Å². The Morgan fingerprint density at radius 1 is 1.24 bits per heavy atom. The van der Waals surface area contributed by atoms with Gasteiger partial charge in [0, 0.05) is 23.4 Å². The number of carbonyl (C=O) groups excluding carboxylic acids is 1. The predicted molar refractivity (Wildman–Crippen MR) is 85.8 cm³/mol. The van der Waals surface area contributed by atoms with Crippen molar-refractivity contribution in [1.82, 2.24) is 0 Å². The zero-order valence-corrected chi connectivity index (χ0v) is 12.7.